The van der Waals surface area contributed by atoms with Crippen molar-refractivity contribution < 1.29 is 28.6 Å². The first-order chi connectivity index (χ1) is 20.5. The fraction of sp³-hybridized carbons (Fsp3) is 0.312. The number of nitrogens with two attached hydrogens (primary N) is 1. The van der Waals surface area contributed by atoms with Crippen LogP contribution in [0.4, 0.5) is 21.9 Å². The summed E-state index contributed by atoms with van der Waals surface area (Å²) < 4.78 is 16.2. The summed E-state index contributed by atoms with van der Waals surface area (Å²) in [6, 6.07) is 16.5. The minimum absolute atomic E-state index is 0.144. The highest BCUT2D eigenvalue weighted by atomic mass is 35.5. The van der Waals surface area contributed by atoms with Gasteiger partial charge in [-0.05, 0) is 90.1 Å². The number of alkyl carbamates (subject to hydrolysis) is 1. The second-order valence-electron chi connectivity index (χ2n) is 11.8. The number of hydrogen-bond acceptors (Lipinski definition) is 9. The summed E-state index contributed by atoms with van der Waals surface area (Å²) in [6.45, 7) is 10.4. The Kier molecular flexibility index (Phi) is 10.8. The third-order valence-corrected chi connectivity index (χ3v) is 5.87. The molecule has 12 heteroatoms. The molecular formula is C32H38ClN5O6. The molecule has 0 unspecified atom stereocenters. The van der Waals surface area contributed by atoms with Crippen molar-refractivity contribution in [1.82, 2.24) is 5.32 Å². The van der Waals surface area contributed by atoms with E-state index < -0.39 is 29.2 Å². The average Bonchev–Trinajstić information content (AvgIpc) is 2.90. The molecule has 0 spiro atoms. The molecule has 0 bridgehead atoms. The maximum absolute atomic E-state index is 13.3. The van der Waals surface area contributed by atoms with Gasteiger partial charge in [-0.25, -0.2) is 9.59 Å². The molecule has 0 heterocycles. The third-order valence-electron chi connectivity index (χ3n) is 5.63. The van der Waals surface area contributed by atoms with Gasteiger partial charge in [0.2, 0.25) is 0 Å². The van der Waals surface area contributed by atoms with E-state index in [-0.39, 0.29) is 24.6 Å². The van der Waals surface area contributed by atoms with Crippen molar-refractivity contribution in [1.29, 1.82) is 5.41 Å². The molecule has 0 radical (unpaired) electrons. The molecule has 234 valence electrons. The van der Waals surface area contributed by atoms with E-state index in [1.807, 2.05) is 0 Å². The van der Waals surface area contributed by atoms with Crippen LogP contribution in [-0.4, -0.2) is 41.6 Å². The van der Waals surface area contributed by atoms with Gasteiger partial charge in [0.25, 0.3) is 5.91 Å². The summed E-state index contributed by atoms with van der Waals surface area (Å²) in [5, 5.41) is 16.9. The maximum atomic E-state index is 13.3. The molecule has 2 amide bonds. The van der Waals surface area contributed by atoms with Gasteiger partial charge in [-0.2, -0.15) is 0 Å². The second kappa shape index (κ2) is 14.1. The van der Waals surface area contributed by atoms with Crippen molar-refractivity contribution in [2.75, 3.05) is 23.0 Å². The molecule has 44 heavy (non-hydrogen) atoms. The number of rotatable bonds is 9. The molecular weight excluding hydrogens is 586 g/mol. The first-order valence-electron chi connectivity index (χ1n) is 13.8. The normalized spacial score (nSPS) is 11.2. The highest BCUT2D eigenvalue weighted by molar-refractivity contribution is 6.31. The van der Waals surface area contributed by atoms with Gasteiger partial charge in [-0.15, -0.1) is 0 Å². The summed E-state index contributed by atoms with van der Waals surface area (Å²) in [6.07, 6.45) is -0.735. The largest absolute Gasteiger partial charge is 0.479 e. The quantitative estimate of drug-likeness (QED) is 0.0795. The number of nitrogen functional groups attached to an aromatic ring is 1. The number of esters is 1. The molecule has 0 saturated heterocycles. The molecule has 3 aromatic rings. The van der Waals surface area contributed by atoms with Crippen molar-refractivity contribution in [3.8, 4) is 5.75 Å². The molecule has 0 fully saturated rings. The predicted octanol–water partition coefficient (Wildman–Crippen LogP) is 6.36. The van der Waals surface area contributed by atoms with Crippen molar-refractivity contribution in [2.24, 2.45) is 0 Å². The summed E-state index contributed by atoms with van der Waals surface area (Å²) in [5.74, 6) is -0.772. The van der Waals surface area contributed by atoms with Crippen molar-refractivity contribution in [3.05, 3.63) is 82.4 Å². The van der Waals surface area contributed by atoms with Crippen LogP contribution in [0.3, 0.4) is 0 Å². The molecule has 0 aromatic heterocycles. The number of carbonyl (C=O) groups is 3. The fourth-order valence-corrected chi connectivity index (χ4v) is 4.04. The lowest BCUT2D eigenvalue weighted by Gasteiger charge is -2.20. The Balaban J connectivity index is 1.69. The highest BCUT2D eigenvalue weighted by Gasteiger charge is 2.20. The highest BCUT2D eigenvalue weighted by Crippen LogP contribution is 2.29. The summed E-state index contributed by atoms with van der Waals surface area (Å²) >= 11 is 6.22. The van der Waals surface area contributed by atoms with Gasteiger partial charge in [0.05, 0.1) is 11.3 Å². The van der Waals surface area contributed by atoms with Gasteiger partial charge in [-0.3, -0.25) is 15.5 Å². The van der Waals surface area contributed by atoms with Crippen LogP contribution in [0.15, 0.2) is 60.7 Å². The van der Waals surface area contributed by atoms with E-state index in [0.29, 0.717) is 39.0 Å². The molecule has 0 aliphatic heterocycles. The Bertz CT molecular complexity index is 1530. The molecule has 0 aliphatic rings. The van der Waals surface area contributed by atoms with Crippen LogP contribution >= 0.6 is 11.6 Å². The van der Waals surface area contributed by atoms with Gasteiger partial charge in [0.15, 0.2) is 6.61 Å². The smallest absolute Gasteiger partial charge is 0.413 e. The second-order valence-corrected chi connectivity index (χ2v) is 12.2. The van der Waals surface area contributed by atoms with Crippen LogP contribution in [0.25, 0.3) is 0 Å². The van der Waals surface area contributed by atoms with Gasteiger partial charge in [0.1, 0.15) is 22.8 Å². The summed E-state index contributed by atoms with van der Waals surface area (Å²) in [7, 11) is 0. The van der Waals surface area contributed by atoms with E-state index in [1.165, 1.54) is 6.07 Å². The number of nitrogens with one attached hydrogen (secondary N) is 4. The van der Waals surface area contributed by atoms with Gasteiger partial charge in [0, 0.05) is 34.1 Å². The predicted molar refractivity (Wildman–Crippen MR) is 172 cm³/mol. The first-order valence-corrected chi connectivity index (χ1v) is 14.1. The monoisotopic (exact) mass is 623 g/mol. The van der Waals surface area contributed by atoms with Gasteiger partial charge >= 0.3 is 12.1 Å². The number of anilines is 3. The van der Waals surface area contributed by atoms with Crippen LogP contribution in [0.5, 0.6) is 5.75 Å². The van der Waals surface area contributed by atoms with E-state index in [9.17, 15) is 14.4 Å². The number of para-hydroxylation sites is 1. The van der Waals surface area contributed by atoms with E-state index in [2.05, 4.69) is 16.0 Å². The average molecular weight is 624 g/mol. The number of ether oxygens (including phenoxy) is 3. The van der Waals surface area contributed by atoms with Crippen LogP contribution < -0.4 is 26.4 Å². The third kappa shape index (κ3) is 10.5. The molecule has 0 saturated carbocycles. The minimum atomic E-state index is -0.735. The summed E-state index contributed by atoms with van der Waals surface area (Å²) in [4.78, 5) is 37.4. The Labute approximate surface area is 261 Å². The summed E-state index contributed by atoms with van der Waals surface area (Å²) in [5.41, 5.74) is 7.45. The molecule has 6 N–H and O–H groups in total. The lowest BCUT2D eigenvalue weighted by atomic mass is 10.1. The van der Waals surface area contributed by atoms with Crippen molar-refractivity contribution in [3.63, 3.8) is 0 Å². The first kappa shape index (κ1) is 33.7. The van der Waals surface area contributed by atoms with E-state index in [0.717, 1.165) is 0 Å². The Morgan fingerprint density at radius 2 is 1.57 bits per heavy atom. The molecule has 3 aromatic carbocycles. The Morgan fingerprint density at radius 1 is 0.909 bits per heavy atom. The number of hydrogen-bond donors (Lipinski definition) is 5. The topological polar surface area (TPSA) is 165 Å². The standard InChI is InChI=1S/C32H38ClN5O6/c1-31(2,3)43-26(39)18-42-27-20(8-7-9-24(27)34)17-36-25-15-12-21(33)16-23(25)29(40)37-22-13-10-19(11-14-22)28(35)38-30(41)44-32(4,5)6/h7-16,36H,17-18,34H2,1-6H3,(H,37,40)(H2,35,38,41). The lowest BCUT2D eigenvalue weighted by Crippen LogP contribution is -2.36. The van der Waals surface area contributed by atoms with Gasteiger partial charge in [-0.1, -0.05) is 23.7 Å². The lowest BCUT2D eigenvalue weighted by molar-refractivity contribution is -0.157. The number of amides is 2. The zero-order valence-electron chi connectivity index (χ0n) is 25.6. The zero-order chi connectivity index (χ0) is 32.7. The number of amidine groups is 1. The van der Waals surface area contributed by atoms with Crippen molar-refractivity contribution >= 4 is 52.5 Å². The number of benzene rings is 3. The van der Waals surface area contributed by atoms with Crippen molar-refractivity contribution in [2.45, 2.75) is 59.3 Å². The molecule has 0 atom stereocenters. The number of carbonyl (C=O) groups excluding carboxylic acids is 3. The van der Waals surface area contributed by atoms with E-state index >= 15 is 0 Å². The van der Waals surface area contributed by atoms with E-state index in [4.69, 9.17) is 37.0 Å². The molecule has 11 nitrogen and oxygen atoms in total. The fourth-order valence-electron chi connectivity index (χ4n) is 3.87. The van der Waals surface area contributed by atoms with Gasteiger partial charge < -0.3 is 30.6 Å². The van der Waals surface area contributed by atoms with E-state index in [1.54, 1.807) is 96.1 Å². The van der Waals surface area contributed by atoms with Crippen LogP contribution in [0.1, 0.15) is 63.0 Å². The minimum Gasteiger partial charge on any atom is -0.479 e. The maximum Gasteiger partial charge on any atom is 0.413 e. The zero-order valence-corrected chi connectivity index (χ0v) is 26.3. The van der Waals surface area contributed by atoms with Crippen LogP contribution in [-0.2, 0) is 20.8 Å². The number of halogens is 1. The Morgan fingerprint density at radius 3 is 2.20 bits per heavy atom. The molecule has 3 rings (SSSR count). The van der Waals surface area contributed by atoms with Crippen LogP contribution in [0, 0.1) is 5.41 Å². The molecule has 0 aliphatic carbocycles. The SMILES string of the molecule is CC(C)(C)OC(=O)COc1c(N)cccc1CNc1ccc(Cl)cc1C(=O)Nc1ccc(C(=N)NC(=O)OC(C)(C)C)cc1. The van der Waals surface area contributed by atoms with Crippen LogP contribution in [0.2, 0.25) is 5.02 Å². The Hall–Kier alpha value is -4.77.